The summed E-state index contributed by atoms with van der Waals surface area (Å²) in [5.41, 5.74) is 1.62. The van der Waals surface area contributed by atoms with Gasteiger partial charge in [0.1, 0.15) is 37.1 Å². The third kappa shape index (κ3) is 10.5. The van der Waals surface area contributed by atoms with E-state index in [1.807, 2.05) is 0 Å². The average molecular weight is 771 g/mol. The number of carbonyl (C=O) groups excluding carboxylic acids is 2. The Labute approximate surface area is 318 Å². The van der Waals surface area contributed by atoms with E-state index in [-0.39, 0.29) is 24.2 Å². The van der Waals surface area contributed by atoms with E-state index in [1.165, 1.54) is 49.1 Å². The molecule has 4 aromatic heterocycles. The molecule has 0 aromatic carbocycles. The van der Waals surface area contributed by atoms with Crippen LogP contribution in [0.5, 0.6) is 0 Å². The molecule has 2 aliphatic rings. The predicted molar refractivity (Wildman–Crippen MR) is 199 cm³/mol. The lowest BCUT2D eigenvalue weighted by atomic mass is 10.1. The fourth-order valence-corrected chi connectivity index (χ4v) is 6.63. The summed E-state index contributed by atoms with van der Waals surface area (Å²) in [7, 11) is 0. The van der Waals surface area contributed by atoms with E-state index >= 15 is 0 Å². The minimum Gasteiger partial charge on any atom is -0.394 e. The molecule has 0 saturated carbocycles. The molecule has 0 aliphatic carbocycles. The molecule has 4 aromatic rings. The Morgan fingerprint density at radius 1 is 0.673 bits per heavy atom. The SMILES string of the molecule is CCCCCCCC(=O)Nc1ncnc2c1ncn2[C@@H]1O[C@H](CO)C[C@H]1O.CCCCCCCC(=O)Nc1ncnc2c1ncn2[C@@H]1O[C@H](CO)[C@H](O)[C@H]1O. The Hall–Kier alpha value is -4.24. The molecule has 0 unspecified atom stereocenters. The number of unbranched alkanes of at least 4 members (excludes halogenated alkanes) is 8. The number of nitrogens with one attached hydrogen (secondary N) is 2. The van der Waals surface area contributed by atoms with Crippen LogP contribution >= 0.6 is 0 Å². The maximum Gasteiger partial charge on any atom is 0.225 e. The molecule has 6 rings (SSSR count). The first-order chi connectivity index (χ1) is 26.7. The second-order valence-electron chi connectivity index (χ2n) is 13.9. The summed E-state index contributed by atoms with van der Waals surface area (Å²) >= 11 is 0. The van der Waals surface area contributed by atoms with E-state index in [1.54, 1.807) is 4.57 Å². The number of aromatic nitrogens is 8. The summed E-state index contributed by atoms with van der Waals surface area (Å²) in [6.07, 6.45) is 11.2. The van der Waals surface area contributed by atoms with Gasteiger partial charge < -0.3 is 45.6 Å². The first-order valence-corrected chi connectivity index (χ1v) is 19.2. The Bertz CT molecular complexity index is 1820. The predicted octanol–water partition coefficient (Wildman–Crippen LogP) is 2.50. The van der Waals surface area contributed by atoms with Crippen LogP contribution in [-0.2, 0) is 19.1 Å². The number of nitrogens with zero attached hydrogens (tertiary/aromatic N) is 8. The molecule has 7 atom stereocenters. The van der Waals surface area contributed by atoms with E-state index in [4.69, 9.17) is 9.47 Å². The summed E-state index contributed by atoms with van der Waals surface area (Å²) < 4.78 is 14.2. The molecule has 55 heavy (non-hydrogen) atoms. The zero-order chi connectivity index (χ0) is 39.3. The first kappa shape index (κ1) is 41.9. The molecular formula is C36H54N10O9. The fourth-order valence-electron chi connectivity index (χ4n) is 6.63. The molecule has 2 aliphatic heterocycles. The maximum atomic E-state index is 12.2. The highest BCUT2D eigenvalue weighted by atomic mass is 16.6. The van der Waals surface area contributed by atoms with Crippen molar-refractivity contribution in [3.8, 4) is 0 Å². The van der Waals surface area contributed by atoms with Gasteiger partial charge in [0.2, 0.25) is 11.8 Å². The molecular weight excluding hydrogens is 716 g/mol. The topological polar surface area (TPSA) is 265 Å². The van der Waals surface area contributed by atoms with Crippen molar-refractivity contribution in [3.63, 3.8) is 0 Å². The first-order valence-electron chi connectivity index (χ1n) is 19.2. The molecule has 2 fully saturated rings. The van der Waals surface area contributed by atoms with Crippen molar-refractivity contribution in [1.82, 2.24) is 39.0 Å². The van der Waals surface area contributed by atoms with Crippen LogP contribution in [0.4, 0.5) is 11.6 Å². The standard InChI is InChI=1S/C18H27N5O5.C18H27N5O4/c1-2-3-4-5-6-7-12(25)22-16-13-17(20-9-19-16)23(10-21-13)18-15(27)14(26)11(8-24)28-18;1-2-3-4-5-6-7-14(26)22-16-15-17(20-10-19-16)23(11-21-15)18-13(25)8-12(9-24)27-18/h9-11,14-15,18,24,26-27H,2-8H2,1H3,(H,19,20,22,25);10-13,18,24-25H,2-9H2,1H3,(H,19,20,22,26)/t11-,14+,15-,18-;12-,13+,18+/m10/s1. The Kier molecular flexibility index (Phi) is 15.7. The van der Waals surface area contributed by atoms with Gasteiger partial charge in [-0.25, -0.2) is 29.9 Å². The molecule has 302 valence electrons. The lowest BCUT2D eigenvalue weighted by molar-refractivity contribution is -0.117. The van der Waals surface area contributed by atoms with Gasteiger partial charge in [-0.15, -0.1) is 0 Å². The van der Waals surface area contributed by atoms with Gasteiger partial charge in [0.15, 0.2) is 46.4 Å². The molecule has 7 N–H and O–H groups in total. The number of hydrogen-bond acceptors (Lipinski definition) is 15. The number of rotatable bonds is 18. The Morgan fingerprint density at radius 3 is 1.64 bits per heavy atom. The second-order valence-corrected chi connectivity index (χ2v) is 13.9. The highest BCUT2D eigenvalue weighted by molar-refractivity contribution is 5.97. The quantitative estimate of drug-likeness (QED) is 0.0717. The van der Waals surface area contributed by atoms with Crippen LogP contribution in [0, 0.1) is 0 Å². The van der Waals surface area contributed by atoms with Crippen molar-refractivity contribution < 1.29 is 44.6 Å². The summed E-state index contributed by atoms with van der Waals surface area (Å²) in [5, 5.41) is 54.4. The van der Waals surface area contributed by atoms with Crippen molar-refractivity contribution in [2.24, 2.45) is 0 Å². The average Bonchev–Trinajstić information content (AvgIpc) is 3.97. The van der Waals surface area contributed by atoms with E-state index in [0.717, 1.165) is 44.9 Å². The van der Waals surface area contributed by atoms with Gasteiger partial charge in [-0.2, -0.15) is 0 Å². The van der Waals surface area contributed by atoms with Crippen molar-refractivity contribution >= 4 is 45.8 Å². The number of aliphatic hydroxyl groups is 5. The summed E-state index contributed by atoms with van der Waals surface area (Å²) in [6, 6.07) is 0. The molecule has 6 heterocycles. The van der Waals surface area contributed by atoms with Crippen LogP contribution in [-0.4, -0.2) is 120 Å². The van der Waals surface area contributed by atoms with Crippen LogP contribution in [0.2, 0.25) is 0 Å². The number of imidazole rings is 2. The molecule has 0 bridgehead atoms. The summed E-state index contributed by atoms with van der Waals surface area (Å²) in [4.78, 5) is 49.5. The van der Waals surface area contributed by atoms with Crippen molar-refractivity contribution in [2.45, 2.75) is 140 Å². The maximum absolute atomic E-state index is 12.2. The lowest BCUT2D eigenvalue weighted by Crippen LogP contribution is -2.33. The number of fused-ring (bicyclic) bond motifs is 2. The Morgan fingerprint density at radius 2 is 1.18 bits per heavy atom. The van der Waals surface area contributed by atoms with Crippen LogP contribution in [0.3, 0.4) is 0 Å². The van der Waals surface area contributed by atoms with E-state index in [0.29, 0.717) is 47.4 Å². The Balaban J connectivity index is 0.000000211. The summed E-state index contributed by atoms with van der Waals surface area (Å²) in [6.45, 7) is 3.73. The van der Waals surface area contributed by atoms with Crippen LogP contribution in [0.1, 0.15) is 110 Å². The fraction of sp³-hybridized carbons (Fsp3) is 0.667. The van der Waals surface area contributed by atoms with Gasteiger partial charge in [0.25, 0.3) is 0 Å². The molecule has 2 amide bonds. The van der Waals surface area contributed by atoms with Crippen LogP contribution < -0.4 is 10.6 Å². The molecule has 2 saturated heterocycles. The van der Waals surface area contributed by atoms with Crippen molar-refractivity contribution in [3.05, 3.63) is 25.3 Å². The number of aliphatic hydroxyl groups excluding tert-OH is 5. The summed E-state index contributed by atoms with van der Waals surface area (Å²) in [5.74, 6) is 0.398. The van der Waals surface area contributed by atoms with Crippen molar-refractivity contribution in [2.75, 3.05) is 23.8 Å². The van der Waals surface area contributed by atoms with E-state index in [2.05, 4.69) is 54.4 Å². The number of amides is 2. The van der Waals surface area contributed by atoms with Gasteiger partial charge in [-0.1, -0.05) is 65.2 Å². The zero-order valence-corrected chi connectivity index (χ0v) is 31.4. The monoisotopic (exact) mass is 770 g/mol. The van der Waals surface area contributed by atoms with Crippen LogP contribution in [0.25, 0.3) is 22.3 Å². The molecule has 0 spiro atoms. The van der Waals surface area contributed by atoms with Gasteiger partial charge in [0, 0.05) is 19.3 Å². The van der Waals surface area contributed by atoms with Crippen molar-refractivity contribution in [1.29, 1.82) is 0 Å². The normalized spacial score (nSPS) is 23.6. The van der Waals surface area contributed by atoms with Gasteiger partial charge >= 0.3 is 0 Å². The van der Waals surface area contributed by atoms with Gasteiger partial charge in [-0.05, 0) is 12.8 Å². The molecule has 19 heteroatoms. The zero-order valence-electron chi connectivity index (χ0n) is 31.4. The van der Waals surface area contributed by atoms with Crippen LogP contribution in [0.15, 0.2) is 25.3 Å². The number of carbonyl (C=O) groups is 2. The highest BCUT2D eigenvalue weighted by Gasteiger charge is 2.44. The van der Waals surface area contributed by atoms with Gasteiger partial charge in [-0.3, -0.25) is 18.7 Å². The number of hydrogen-bond donors (Lipinski definition) is 7. The van der Waals surface area contributed by atoms with Gasteiger partial charge in [0.05, 0.1) is 32.0 Å². The number of anilines is 2. The van der Waals surface area contributed by atoms with E-state index in [9.17, 15) is 35.1 Å². The highest BCUT2D eigenvalue weighted by Crippen LogP contribution is 2.33. The third-order valence-corrected chi connectivity index (χ3v) is 9.68. The molecule has 19 nitrogen and oxygen atoms in total. The smallest absolute Gasteiger partial charge is 0.225 e. The third-order valence-electron chi connectivity index (χ3n) is 9.68. The number of ether oxygens (including phenoxy) is 2. The largest absolute Gasteiger partial charge is 0.394 e. The molecule has 0 radical (unpaired) electrons. The minimum absolute atomic E-state index is 0.0986. The lowest BCUT2D eigenvalue weighted by Gasteiger charge is -2.16. The second kappa shape index (κ2) is 20.6. The minimum atomic E-state index is -1.24. The van der Waals surface area contributed by atoms with E-state index < -0.39 is 49.6 Å².